The van der Waals surface area contributed by atoms with Gasteiger partial charge in [0.25, 0.3) is 0 Å². The lowest BCUT2D eigenvalue weighted by atomic mass is 10.0. The summed E-state index contributed by atoms with van der Waals surface area (Å²) in [5.74, 6) is -0.326. The van der Waals surface area contributed by atoms with Crippen molar-refractivity contribution < 1.29 is 14.3 Å². The minimum absolute atomic E-state index is 0.0209. The summed E-state index contributed by atoms with van der Waals surface area (Å²) in [6, 6.07) is 17.0. The monoisotopic (exact) mass is 375 g/mol. The van der Waals surface area contributed by atoms with Crippen molar-refractivity contribution in [3.8, 4) is 6.07 Å². The van der Waals surface area contributed by atoms with Crippen molar-refractivity contribution in [2.75, 3.05) is 26.2 Å². The van der Waals surface area contributed by atoms with Gasteiger partial charge in [-0.15, -0.1) is 0 Å². The van der Waals surface area contributed by atoms with Crippen LogP contribution in [0, 0.1) is 11.3 Å². The number of amides is 1. The van der Waals surface area contributed by atoms with E-state index >= 15 is 0 Å². The molecule has 4 rings (SSSR count). The van der Waals surface area contributed by atoms with Crippen LogP contribution in [0.4, 0.5) is 0 Å². The molecule has 0 spiro atoms. The predicted octanol–water partition coefficient (Wildman–Crippen LogP) is 2.50. The van der Waals surface area contributed by atoms with Crippen molar-refractivity contribution in [1.29, 1.82) is 5.26 Å². The molecule has 1 atom stereocenters. The van der Waals surface area contributed by atoms with Gasteiger partial charge in [0.05, 0.1) is 23.6 Å². The molecule has 0 unspecified atom stereocenters. The van der Waals surface area contributed by atoms with Crippen LogP contribution in [0.1, 0.15) is 39.6 Å². The number of esters is 1. The Balaban J connectivity index is 1.30. The third-order valence-electron chi connectivity index (χ3n) is 5.35. The second kappa shape index (κ2) is 7.83. The smallest absolute Gasteiger partial charge is 0.339 e. The summed E-state index contributed by atoms with van der Waals surface area (Å²) >= 11 is 0. The van der Waals surface area contributed by atoms with Crippen molar-refractivity contribution in [3.63, 3.8) is 0 Å². The fourth-order valence-corrected chi connectivity index (χ4v) is 3.76. The molecule has 2 aliphatic rings. The summed E-state index contributed by atoms with van der Waals surface area (Å²) in [6.07, 6.45) is -0.286. The molecule has 142 valence electrons. The normalized spacial score (nSPS) is 19.0. The molecule has 2 aromatic rings. The van der Waals surface area contributed by atoms with E-state index in [-0.39, 0.29) is 18.3 Å². The number of rotatable bonds is 4. The van der Waals surface area contributed by atoms with Gasteiger partial charge in [-0.05, 0) is 23.8 Å². The first-order valence-corrected chi connectivity index (χ1v) is 9.43. The number of hydrogen-bond acceptors (Lipinski definition) is 5. The molecule has 6 heteroatoms. The third-order valence-corrected chi connectivity index (χ3v) is 5.35. The molecule has 2 heterocycles. The second-order valence-corrected chi connectivity index (χ2v) is 7.15. The van der Waals surface area contributed by atoms with Gasteiger partial charge in [0.2, 0.25) is 5.91 Å². The Kier molecular flexibility index (Phi) is 5.09. The largest absolute Gasteiger partial charge is 0.453 e. The zero-order chi connectivity index (χ0) is 19.5. The Hall–Kier alpha value is -3.17. The Labute approximate surface area is 163 Å². The zero-order valence-electron chi connectivity index (χ0n) is 15.5. The number of cyclic esters (lactones) is 1. The first kappa shape index (κ1) is 18.2. The highest BCUT2D eigenvalue weighted by atomic mass is 16.5. The Morgan fingerprint density at radius 1 is 1.07 bits per heavy atom. The molecule has 0 N–H and O–H groups in total. The van der Waals surface area contributed by atoms with E-state index in [2.05, 4.69) is 11.0 Å². The van der Waals surface area contributed by atoms with Crippen molar-refractivity contribution in [1.82, 2.24) is 9.80 Å². The molecule has 2 aromatic carbocycles. The number of fused-ring (bicyclic) bond motifs is 1. The third kappa shape index (κ3) is 3.75. The van der Waals surface area contributed by atoms with Crippen LogP contribution in [-0.4, -0.2) is 47.9 Å². The summed E-state index contributed by atoms with van der Waals surface area (Å²) in [4.78, 5) is 28.8. The lowest BCUT2D eigenvalue weighted by Crippen LogP contribution is -2.48. The van der Waals surface area contributed by atoms with Crippen LogP contribution in [-0.2, 0) is 16.1 Å². The fraction of sp³-hybridized carbons (Fsp3) is 0.318. The Morgan fingerprint density at radius 3 is 2.50 bits per heavy atom. The minimum atomic E-state index is -0.479. The Morgan fingerprint density at radius 2 is 1.79 bits per heavy atom. The highest BCUT2D eigenvalue weighted by molar-refractivity contribution is 5.94. The average molecular weight is 375 g/mol. The number of nitrogens with zero attached hydrogens (tertiary/aromatic N) is 3. The SMILES string of the molecule is N#Cc1ccc(CN2CCN(C(=O)C[C@H]3OC(=O)c4ccccc43)CC2)cc1. The summed E-state index contributed by atoms with van der Waals surface area (Å²) < 4.78 is 5.39. The zero-order valence-corrected chi connectivity index (χ0v) is 15.5. The highest BCUT2D eigenvalue weighted by Crippen LogP contribution is 2.33. The van der Waals surface area contributed by atoms with Gasteiger partial charge in [-0.25, -0.2) is 4.79 Å². The molecule has 1 fully saturated rings. The van der Waals surface area contributed by atoms with Crippen LogP contribution in [0.3, 0.4) is 0 Å². The van der Waals surface area contributed by atoms with E-state index in [1.807, 2.05) is 41.3 Å². The molecule has 28 heavy (non-hydrogen) atoms. The molecule has 2 aliphatic heterocycles. The second-order valence-electron chi connectivity index (χ2n) is 7.15. The first-order valence-electron chi connectivity index (χ1n) is 9.43. The maximum Gasteiger partial charge on any atom is 0.339 e. The van der Waals surface area contributed by atoms with Crippen LogP contribution < -0.4 is 0 Å². The van der Waals surface area contributed by atoms with E-state index in [0.29, 0.717) is 24.2 Å². The van der Waals surface area contributed by atoms with Crippen molar-refractivity contribution in [3.05, 3.63) is 70.8 Å². The number of hydrogen-bond donors (Lipinski definition) is 0. The number of carbonyl (C=O) groups is 2. The summed E-state index contributed by atoms with van der Waals surface area (Å²) in [6.45, 7) is 3.73. The minimum Gasteiger partial charge on any atom is -0.453 e. The fourth-order valence-electron chi connectivity index (χ4n) is 3.76. The number of piperazine rings is 1. The van der Waals surface area contributed by atoms with E-state index in [1.54, 1.807) is 12.1 Å². The molecule has 1 saturated heterocycles. The van der Waals surface area contributed by atoms with Crippen LogP contribution >= 0.6 is 0 Å². The van der Waals surface area contributed by atoms with Crippen LogP contribution in [0.15, 0.2) is 48.5 Å². The van der Waals surface area contributed by atoms with Crippen LogP contribution in [0.25, 0.3) is 0 Å². The molecule has 0 bridgehead atoms. The maximum atomic E-state index is 12.7. The van der Waals surface area contributed by atoms with Crippen LogP contribution in [0.2, 0.25) is 0 Å². The van der Waals surface area contributed by atoms with E-state index in [0.717, 1.165) is 30.8 Å². The van der Waals surface area contributed by atoms with E-state index in [4.69, 9.17) is 10.00 Å². The number of carbonyl (C=O) groups excluding carboxylic acids is 2. The predicted molar refractivity (Wildman–Crippen MR) is 102 cm³/mol. The Bertz CT molecular complexity index is 925. The van der Waals surface area contributed by atoms with Gasteiger partial charge in [0.15, 0.2) is 0 Å². The number of ether oxygens (including phenoxy) is 1. The van der Waals surface area contributed by atoms with Gasteiger partial charge in [0.1, 0.15) is 6.10 Å². The van der Waals surface area contributed by atoms with Gasteiger partial charge in [-0.1, -0.05) is 30.3 Å². The molecule has 0 aromatic heterocycles. The van der Waals surface area contributed by atoms with E-state index < -0.39 is 6.10 Å². The lowest BCUT2D eigenvalue weighted by molar-refractivity contribution is -0.135. The summed E-state index contributed by atoms with van der Waals surface area (Å²) in [5, 5.41) is 8.88. The molecular weight excluding hydrogens is 354 g/mol. The van der Waals surface area contributed by atoms with Crippen molar-refractivity contribution in [2.45, 2.75) is 19.1 Å². The number of benzene rings is 2. The molecule has 6 nitrogen and oxygen atoms in total. The quantitative estimate of drug-likeness (QED) is 0.768. The topological polar surface area (TPSA) is 73.6 Å². The molecular formula is C22H21N3O3. The van der Waals surface area contributed by atoms with Crippen LogP contribution in [0.5, 0.6) is 0 Å². The number of nitriles is 1. The molecule has 0 radical (unpaired) electrons. The maximum absolute atomic E-state index is 12.7. The van der Waals surface area contributed by atoms with E-state index in [9.17, 15) is 9.59 Å². The first-order chi connectivity index (χ1) is 13.6. The highest BCUT2D eigenvalue weighted by Gasteiger charge is 2.33. The van der Waals surface area contributed by atoms with Gasteiger partial charge in [0, 0.05) is 38.3 Å². The van der Waals surface area contributed by atoms with Gasteiger partial charge >= 0.3 is 5.97 Å². The summed E-state index contributed by atoms with van der Waals surface area (Å²) in [5.41, 5.74) is 3.19. The van der Waals surface area contributed by atoms with Gasteiger partial charge in [-0.2, -0.15) is 5.26 Å². The molecule has 0 saturated carbocycles. The average Bonchev–Trinajstić information content (AvgIpc) is 3.05. The van der Waals surface area contributed by atoms with E-state index in [1.165, 1.54) is 0 Å². The lowest BCUT2D eigenvalue weighted by Gasteiger charge is -2.35. The molecule has 0 aliphatic carbocycles. The standard InChI is InChI=1S/C22H21N3O3/c23-14-16-5-7-17(8-6-16)15-24-9-11-25(12-10-24)21(26)13-20-18-3-1-2-4-19(18)22(27)28-20/h1-8,20H,9-13,15H2/t20-/m1/s1. The van der Waals surface area contributed by atoms with Crippen molar-refractivity contribution >= 4 is 11.9 Å². The van der Waals surface area contributed by atoms with Crippen molar-refractivity contribution in [2.24, 2.45) is 0 Å². The van der Waals surface area contributed by atoms with Gasteiger partial charge in [-0.3, -0.25) is 9.69 Å². The summed E-state index contributed by atoms with van der Waals surface area (Å²) in [7, 11) is 0. The van der Waals surface area contributed by atoms with Gasteiger partial charge < -0.3 is 9.64 Å². The molecule has 1 amide bonds.